The van der Waals surface area contributed by atoms with Gasteiger partial charge in [-0.2, -0.15) is 8.78 Å². The summed E-state index contributed by atoms with van der Waals surface area (Å²) in [5.41, 5.74) is 1.21. The molecule has 2 aromatic carbocycles. The summed E-state index contributed by atoms with van der Waals surface area (Å²) in [6.07, 6.45) is 0. The third kappa shape index (κ3) is 4.25. The molecule has 2 N–H and O–H groups in total. The summed E-state index contributed by atoms with van der Waals surface area (Å²) >= 11 is 5.86. The summed E-state index contributed by atoms with van der Waals surface area (Å²) in [5, 5.41) is 5.69. The maximum absolute atomic E-state index is 13.0. The van der Waals surface area contributed by atoms with Crippen molar-refractivity contribution in [2.75, 3.05) is 0 Å². The van der Waals surface area contributed by atoms with Crippen molar-refractivity contribution in [1.29, 1.82) is 0 Å². The Kier molecular flexibility index (Phi) is 5.41. The lowest BCUT2D eigenvalue weighted by molar-refractivity contribution is -0.0498. The predicted octanol–water partition coefficient (Wildman–Crippen LogP) is 4.31. The van der Waals surface area contributed by atoms with Crippen molar-refractivity contribution in [1.82, 2.24) is 10.6 Å². The molecule has 3 rings (SSSR count). The van der Waals surface area contributed by atoms with E-state index in [1.165, 1.54) is 24.3 Å². The molecular formula is C19H15ClF2N2O3. The van der Waals surface area contributed by atoms with Crippen LogP contribution in [0.25, 0.3) is 0 Å². The van der Waals surface area contributed by atoms with E-state index in [0.717, 1.165) is 0 Å². The van der Waals surface area contributed by atoms with Gasteiger partial charge in [0.2, 0.25) is 0 Å². The Balaban J connectivity index is 1.92. The van der Waals surface area contributed by atoms with E-state index < -0.39 is 24.6 Å². The number of nitrogens with one attached hydrogen (secondary N) is 2. The molecule has 1 saturated heterocycles. The summed E-state index contributed by atoms with van der Waals surface area (Å²) < 4.78 is 28.9. The van der Waals surface area contributed by atoms with Crippen molar-refractivity contribution >= 4 is 23.4 Å². The molecule has 0 aliphatic carbocycles. The molecule has 5 nitrogen and oxygen atoms in total. The number of alkyl halides is 2. The van der Waals surface area contributed by atoms with E-state index in [1.807, 2.05) is 0 Å². The van der Waals surface area contributed by atoms with E-state index in [1.54, 1.807) is 24.3 Å². The van der Waals surface area contributed by atoms with Crippen LogP contribution in [-0.4, -0.2) is 18.4 Å². The summed E-state index contributed by atoms with van der Waals surface area (Å²) in [7, 11) is 0. The van der Waals surface area contributed by atoms with Gasteiger partial charge < -0.3 is 15.4 Å². The zero-order valence-corrected chi connectivity index (χ0v) is 14.7. The van der Waals surface area contributed by atoms with Crippen LogP contribution in [0.5, 0.6) is 5.75 Å². The van der Waals surface area contributed by atoms with Crippen LogP contribution in [0.15, 0.2) is 60.8 Å². The van der Waals surface area contributed by atoms with Crippen molar-refractivity contribution in [2.24, 2.45) is 5.92 Å². The van der Waals surface area contributed by atoms with Crippen molar-refractivity contribution < 1.29 is 23.1 Å². The molecule has 1 fully saturated rings. The second-order valence-corrected chi connectivity index (χ2v) is 6.33. The molecule has 0 spiro atoms. The van der Waals surface area contributed by atoms with Gasteiger partial charge in [0.15, 0.2) is 5.78 Å². The minimum atomic E-state index is -2.94. The predicted molar refractivity (Wildman–Crippen MR) is 95.9 cm³/mol. The number of rotatable bonds is 5. The van der Waals surface area contributed by atoms with Crippen molar-refractivity contribution in [3.05, 3.63) is 77.0 Å². The normalized spacial score (nSPS) is 19.4. The van der Waals surface area contributed by atoms with Gasteiger partial charge in [0, 0.05) is 16.3 Å². The number of amides is 2. The average Bonchev–Trinajstić information content (AvgIpc) is 2.61. The van der Waals surface area contributed by atoms with Crippen LogP contribution in [-0.2, 0) is 0 Å². The maximum Gasteiger partial charge on any atom is 0.387 e. The molecule has 2 aromatic rings. The Hall–Kier alpha value is -2.93. The fraction of sp³-hybridized carbons (Fsp3) is 0.158. The highest BCUT2D eigenvalue weighted by Gasteiger charge is 2.38. The van der Waals surface area contributed by atoms with Crippen LogP contribution in [0.4, 0.5) is 13.6 Å². The number of Topliss-reactive ketones (excluding diaryl/α,β-unsaturated/α-hetero) is 1. The number of ketones is 1. The standard InChI is InChI=1S/C19H15ClF2N2O3/c1-10-15(17(25)12-2-6-13(20)7-3-12)16(24-19(26)23-10)11-4-8-14(9-5-11)27-18(21)22/h2-9,15-16,18H,1H2,(H2,23,24,26)/t15-,16+/m1/s1. The van der Waals surface area contributed by atoms with Crippen LogP contribution >= 0.6 is 11.6 Å². The first-order valence-electron chi connectivity index (χ1n) is 7.96. The number of carbonyl (C=O) groups is 2. The highest BCUT2D eigenvalue weighted by molar-refractivity contribution is 6.30. The molecule has 0 unspecified atom stereocenters. The second kappa shape index (κ2) is 7.75. The zero-order chi connectivity index (χ0) is 19.6. The van der Waals surface area contributed by atoms with Gasteiger partial charge in [-0.25, -0.2) is 4.79 Å². The topological polar surface area (TPSA) is 67.4 Å². The van der Waals surface area contributed by atoms with Crippen molar-refractivity contribution in [2.45, 2.75) is 12.7 Å². The number of hydrogen-bond acceptors (Lipinski definition) is 3. The quantitative estimate of drug-likeness (QED) is 0.745. The Morgan fingerprint density at radius 1 is 1.11 bits per heavy atom. The van der Waals surface area contributed by atoms with Crippen LogP contribution < -0.4 is 15.4 Å². The lowest BCUT2D eigenvalue weighted by atomic mass is 9.83. The van der Waals surface area contributed by atoms with Gasteiger partial charge in [-0.15, -0.1) is 0 Å². The Morgan fingerprint density at radius 2 is 1.74 bits per heavy atom. The second-order valence-electron chi connectivity index (χ2n) is 5.90. The molecule has 0 aromatic heterocycles. The highest BCUT2D eigenvalue weighted by atomic mass is 35.5. The molecule has 1 heterocycles. The number of halogens is 3. The van der Waals surface area contributed by atoms with Gasteiger partial charge in [-0.3, -0.25) is 4.79 Å². The van der Waals surface area contributed by atoms with Crippen molar-refractivity contribution in [3.63, 3.8) is 0 Å². The minimum absolute atomic E-state index is 0.0200. The fourth-order valence-corrected chi connectivity index (χ4v) is 3.05. The number of ether oxygens (including phenoxy) is 1. The minimum Gasteiger partial charge on any atom is -0.435 e. The molecule has 2 atom stereocenters. The molecule has 0 saturated carbocycles. The number of urea groups is 1. The molecule has 0 bridgehead atoms. The SMILES string of the molecule is C=C1NC(=O)N[C@@H](c2ccc(OC(F)F)cc2)[C@@H]1C(=O)c1ccc(Cl)cc1. The largest absolute Gasteiger partial charge is 0.435 e. The Morgan fingerprint density at radius 3 is 2.33 bits per heavy atom. The third-order valence-electron chi connectivity index (χ3n) is 4.15. The number of benzene rings is 2. The molecule has 1 aliphatic heterocycles. The van der Waals surface area contributed by atoms with Crippen LogP contribution in [0.1, 0.15) is 22.0 Å². The number of hydrogen-bond donors (Lipinski definition) is 2. The molecule has 2 amide bonds. The summed E-state index contributed by atoms with van der Waals surface area (Å²) in [5.74, 6) is -1.07. The summed E-state index contributed by atoms with van der Waals surface area (Å²) in [4.78, 5) is 24.9. The van der Waals surface area contributed by atoms with E-state index in [9.17, 15) is 18.4 Å². The maximum atomic E-state index is 13.0. The van der Waals surface area contributed by atoms with Gasteiger partial charge in [-0.1, -0.05) is 30.3 Å². The molecule has 1 aliphatic rings. The fourth-order valence-electron chi connectivity index (χ4n) is 2.92. The third-order valence-corrected chi connectivity index (χ3v) is 4.40. The van der Waals surface area contributed by atoms with Gasteiger partial charge >= 0.3 is 12.6 Å². The van der Waals surface area contributed by atoms with Crippen LogP contribution in [0, 0.1) is 5.92 Å². The summed E-state index contributed by atoms with van der Waals surface area (Å²) in [6.45, 7) is 0.863. The molecule has 27 heavy (non-hydrogen) atoms. The first kappa shape index (κ1) is 18.8. The van der Waals surface area contributed by atoms with Gasteiger partial charge in [0.1, 0.15) is 5.75 Å². The van der Waals surface area contributed by atoms with E-state index in [2.05, 4.69) is 21.9 Å². The first-order chi connectivity index (χ1) is 12.8. The summed E-state index contributed by atoms with van der Waals surface area (Å²) in [6, 6.07) is 10.9. The van der Waals surface area contributed by atoms with Gasteiger partial charge in [0.05, 0.1) is 12.0 Å². The monoisotopic (exact) mass is 392 g/mol. The average molecular weight is 393 g/mol. The van der Waals surface area contributed by atoms with Crippen LogP contribution in [0.3, 0.4) is 0 Å². The molecule has 0 radical (unpaired) electrons. The number of carbonyl (C=O) groups excluding carboxylic acids is 2. The lowest BCUT2D eigenvalue weighted by Crippen LogP contribution is -2.50. The highest BCUT2D eigenvalue weighted by Crippen LogP contribution is 2.33. The smallest absolute Gasteiger partial charge is 0.387 e. The van der Waals surface area contributed by atoms with E-state index >= 15 is 0 Å². The van der Waals surface area contributed by atoms with Crippen LogP contribution in [0.2, 0.25) is 5.02 Å². The van der Waals surface area contributed by atoms with E-state index in [0.29, 0.717) is 16.1 Å². The zero-order valence-electron chi connectivity index (χ0n) is 13.9. The first-order valence-corrected chi connectivity index (χ1v) is 8.34. The van der Waals surface area contributed by atoms with E-state index in [4.69, 9.17) is 11.6 Å². The molecule has 8 heteroatoms. The molecule has 140 valence electrons. The van der Waals surface area contributed by atoms with Crippen molar-refractivity contribution in [3.8, 4) is 5.75 Å². The van der Waals surface area contributed by atoms with Gasteiger partial charge in [-0.05, 0) is 42.0 Å². The van der Waals surface area contributed by atoms with E-state index in [-0.39, 0.29) is 17.2 Å². The Bertz CT molecular complexity index is 870. The lowest BCUT2D eigenvalue weighted by Gasteiger charge is -2.34. The Labute approximate surface area is 159 Å². The molecular weight excluding hydrogens is 378 g/mol. The van der Waals surface area contributed by atoms with Gasteiger partial charge in [0.25, 0.3) is 0 Å².